The summed E-state index contributed by atoms with van der Waals surface area (Å²) in [6.45, 7) is 0.370. The van der Waals surface area contributed by atoms with Crippen molar-refractivity contribution in [2.75, 3.05) is 26.2 Å². The minimum atomic E-state index is -2.06. The Bertz CT molecular complexity index is 2750. The molecule has 37 nitrogen and oxygen atoms in total. The van der Waals surface area contributed by atoms with E-state index in [-0.39, 0.29) is 96.1 Å². The minimum Gasteiger partial charge on any atom is -0.481 e. The number of nitrogens with two attached hydrogens (primary N) is 5. The van der Waals surface area contributed by atoms with Crippen molar-refractivity contribution < 1.29 is 68.1 Å². The van der Waals surface area contributed by atoms with Crippen LogP contribution in [0.3, 0.4) is 0 Å². The van der Waals surface area contributed by atoms with Gasteiger partial charge in [0.1, 0.15) is 48.3 Å². The molecule has 0 aliphatic heterocycles. The number of rotatable bonds is 44. The predicted molar refractivity (Wildman–Crippen MR) is 311 cm³/mol. The van der Waals surface area contributed by atoms with Gasteiger partial charge >= 0.3 is 17.9 Å². The number of carboxylic acid groups (broad SMARTS) is 3. The van der Waals surface area contributed by atoms with Crippen LogP contribution in [0.5, 0.6) is 0 Å². The van der Waals surface area contributed by atoms with Gasteiger partial charge in [0.15, 0.2) is 11.9 Å². The van der Waals surface area contributed by atoms with Crippen LogP contribution in [0.2, 0.25) is 0 Å². The van der Waals surface area contributed by atoms with E-state index in [1.54, 1.807) is 0 Å². The van der Waals surface area contributed by atoms with Crippen molar-refractivity contribution >= 4 is 77.1 Å². The fourth-order valence-corrected chi connectivity index (χ4v) is 8.58. The number of aromatic nitrogens is 6. The van der Waals surface area contributed by atoms with Crippen LogP contribution in [0.1, 0.15) is 101 Å². The predicted octanol–water partition coefficient (Wildman–Crippen LogP) is -6.70. The first-order valence-electron chi connectivity index (χ1n) is 28.2. The van der Waals surface area contributed by atoms with Crippen molar-refractivity contribution in [3.8, 4) is 0 Å². The maximum absolute atomic E-state index is 14.4. The fraction of sp³-hybridized carbons (Fsp3) is 0.569. The van der Waals surface area contributed by atoms with Gasteiger partial charge in [-0.15, -0.1) is 0 Å². The van der Waals surface area contributed by atoms with E-state index in [1.165, 1.54) is 37.6 Å². The van der Waals surface area contributed by atoms with Gasteiger partial charge in [0.2, 0.25) is 47.3 Å². The van der Waals surface area contributed by atoms with Gasteiger partial charge in [-0.1, -0.05) is 0 Å². The van der Waals surface area contributed by atoms with Crippen LogP contribution < -0.4 is 81.8 Å². The smallest absolute Gasteiger partial charge is 0.326 e. The van der Waals surface area contributed by atoms with Crippen LogP contribution in [0, 0.1) is 10.8 Å². The number of aliphatic carboxylic acids is 3. The summed E-state index contributed by atoms with van der Waals surface area (Å²) in [5, 5.41) is 69.4. The van der Waals surface area contributed by atoms with Gasteiger partial charge in [-0.05, 0) is 83.7 Å². The van der Waals surface area contributed by atoms with E-state index in [2.05, 4.69) is 83.1 Å². The number of imidazole rings is 3. The molecule has 9 atom stereocenters. The lowest BCUT2D eigenvalue weighted by molar-refractivity contribution is -0.143. The van der Waals surface area contributed by atoms with Crippen molar-refractivity contribution in [2.24, 2.45) is 28.7 Å². The summed E-state index contributed by atoms with van der Waals surface area (Å²) in [4.78, 5) is 170. The second-order valence-electron chi connectivity index (χ2n) is 20.3. The molecule has 3 heterocycles. The van der Waals surface area contributed by atoms with E-state index in [0.29, 0.717) is 30.7 Å². The number of hydrogen-bond acceptors (Lipinski definition) is 19. The van der Waals surface area contributed by atoms with E-state index in [0.717, 1.165) is 0 Å². The molecule has 0 bridgehead atoms. The summed E-state index contributed by atoms with van der Waals surface area (Å²) in [6, 6.07) is -14.1. The summed E-state index contributed by atoms with van der Waals surface area (Å²) in [5.41, 5.74) is 29.4. The highest BCUT2D eigenvalue weighted by molar-refractivity contribution is 5.99. The lowest BCUT2D eigenvalue weighted by Gasteiger charge is -2.28. The van der Waals surface area contributed by atoms with Gasteiger partial charge in [-0.3, -0.25) is 58.8 Å². The van der Waals surface area contributed by atoms with Crippen molar-refractivity contribution in [1.82, 2.24) is 83.1 Å². The lowest BCUT2D eigenvalue weighted by atomic mass is 10.0. The zero-order valence-corrected chi connectivity index (χ0v) is 48.4. The Morgan fingerprint density at radius 3 is 1.12 bits per heavy atom. The zero-order chi connectivity index (χ0) is 65.1. The molecule has 0 saturated carbocycles. The van der Waals surface area contributed by atoms with Crippen LogP contribution in [-0.2, 0) is 72.0 Å². The Hall–Kier alpha value is -9.78. The Labute approximate surface area is 504 Å². The Morgan fingerprint density at radius 2 is 0.761 bits per heavy atom. The van der Waals surface area contributed by atoms with Crippen molar-refractivity contribution in [1.29, 1.82) is 10.8 Å². The first kappa shape index (κ1) is 72.5. The molecular weight excluding hydrogens is 1160 g/mol. The number of hydrogen-bond donors (Lipinski definition) is 23. The number of carboxylic acids is 3. The summed E-state index contributed by atoms with van der Waals surface area (Å²) < 4.78 is 0. The molecule has 0 radical (unpaired) electrons. The van der Waals surface area contributed by atoms with Gasteiger partial charge in [-0.2, -0.15) is 0 Å². The number of amides is 8. The summed E-state index contributed by atoms with van der Waals surface area (Å²) in [6.07, 6.45) is 6.13. The zero-order valence-electron chi connectivity index (χ0n) is 48.4. The molecule has 3 aromatic heterocycles. The summed E-state index contributed by atoms with van der Waals surface area (Å²) >= 11 is 0. The summed E-state index contributed by atoms with van der Waals surface area (Å²) in [5.74, 6) is -13.6. The molecule has 486 valence electrons. The highest BCUT2D eigenvalue weighted by atomic mass is 16.4. The monoisotopic (exact) mass is 1240 g/mol. The second-order valence-corrected chi connectivity index (χ2v) is 20.3. The summed E-state index contributed by atoms with van der Waals surface area (Å²) in [7, 11) is 0. The standard InChI is InChI=1S/C51H83N23O14/c52-13-3-1-7-31(68-46(84)36(18-28-22-60-25-65-28)72-41(79)30(54)17-27-21-59-24-64-27)42(80)70-34(11-12-39(75)76)45(83)74-38(20-40(77)78)48(86)69-32(9-5-15-62-50(55)56)43(81)67-33(10-6-16-63-51(57)58)44(82)73-37(19-29-23-61-26-66-29)47(85)71-35(49(87)88)8-2-4-14-53/h21-26,30-38H,1-20,52-54H2,(H,59,64)(H,60,65)(H,61,66)(H,67,81)(H,68,84)(H,69,86)(H,70,80)(H,71,85)(H,72,79)(H,73,82)(H,74,83)(H,75,76)(H,77,78)(H,87,88)(H4,55,56,62)(H4,57,58,63)/t30-,31-,32-,33-,34-,35-,36-,37-,38-/m0/s1. The van der Waals surface area contributed by atoms with E-state index in [9.17, 15) is 68.1 Å². The number of carbonyl (C=O) groups is 11. The number of nitrogens with one attached hydrogen (secondary N) is 15. The first-order chi connectivity index (χ1) is 41.9. The number of unbranched alkanes of at least 4 members (excludes halogenated alkanes) is 2. The van der Waals surface area contributed by atoms with Crippen LogP contribution in [0.15, 0.2) is 37.6 Å². The van der Waals surface area contributed by atoms with Crippen LogP contribution in [0.4, 0.5) is 0 Å². The number of nitrogens with zero attached hydrogens (tertiary/aromatic N) is 3. The van der Waals surface area contributed by atoms with Gasteiger partial charge in [0.25, 0.3) is 0 Å². The second kappa shape index (κ2) is 39.0. The SMILES string of the molecule is N=C(N)NCCC[C@H](NC(=O)[C@H](CCCNC(=N)N)NC(=O)[C@H](CC(=O)O)NC(=O)[C@H](CCC(=O)O)NC(=O)[C@H](CCCCN)NC(=O)[C@H](Cc1c[nH]cn1)NC(=O)[C@@H](N)Cc1c[nH]cn1)C(=O)N[C@@H](Cc1c[nH]cn1)C(=O)N[C@@H](CCCCN)C(=O)O. The molecule has 37 heteroatoms. The van der Waals surface area contributed by atoms with Gasteiger partial charge in [-0.25, -0.2) is 19.7 Å². The third-order valence-corrected chi connectivity index (χ3v) is 13.2. The van der Waals surface area contributed by atoms with Crippen molar-refractivity contribution in [2.45, 2.75) is 157 Å². The molecule has 0 spiro atoms. The molecule has 3 rings (SSSR count). The molecule has 3 aromatic rings. The van der Waals surface area contributed by atoms with Crippen molar-refractivity contribution in [3.63, 3.8) is 0 Å². The average Bonchev–Trinajstić information content (AvgIpc) is 4.12. The molecule has 0 aromatic carbocycles. The molecule has 0 saturated heterocycles. The largest absolute Gasteiger partial charge is 0.481 e. The molecule has 88 heavy (non-hydrogen) atoms. The topological polar surface area (TPSA) is 633 Å². The maximum atomic E-state index is 14.4. The molecular formula is C51H83N23O14. The Kier molecular flexibility index (Phi) is 32.1. The van der Waals surface area contributed by atoms with E-state index < -0.39 is 151 Å². The van der Waals surface area contributed by atoms with E-state index in [1.807, 2.05) is 0 Å². The lowest BCUT2D eigenvalue weighted by Crippen LogP contribution is -2.61. The van der Waals surface area contributed by atoms with Gasteiger partial charge in [0, 0.05) is 57.4 Å². The normalized spacial score (nSPS) is 14.0. The fourth-order valence-electron chi connectivity index (χ4n) is 8.58. The minimum absolute atomic E-state index is 0.000359. The van der Waals surface area contributed by atoms with Crippen LogP contribution in [-0.4, -0.2) is 203 Å². The average molecular weight is 1240 g/mol. The highest BCUT2D eigenvalue weighted by Gasteiger charge is 2.36. The number of H-pyrrole nitrogens is 3. The number of aromatic amines is 3. The first-order valence-corrected chi connectivity index (χ1v) is 28.2. The quantitative estimate of drug-likeness (QED) is 0.0142. The third kappa shape index (κ3) is 27.9. The molecule has 0 unspecified atom stereocenters. The molecule has 0 aliphatic carbocycles. The van der Waals surface area contributed by atoms with Crippen molar-refractivity contribution in [3.05, 3.63) is 54.7 Å². The third-order valence-electron chi connectivity index (χ3n) is 13.2. The maximum Gasteiger partial charge on any atom is 0.326 e. The number of guanidine groups is 2. The van der Waals surface area contributed by atoms with Gasteiger partial charge in [0.05, 0.1) is 48.5 Å². The Morgan fingerprint density at radius 1 is 0.432 bits per heavy atom. The van der Waals surface area contributed by atoms with E-state index in [4.69, 9.17) is 39.5 Å². The van der Waals surface area contributed by atoms with E-state index >= 15 is 0 Å². The van der Waals surface area contributed by atoms with Gasteiger partial charge < -0.3 is 112 Å². The molecule has 0 fully saturated rings. The molecule has 0 aliphatic rings. The van der Waals surface area contributed by atoms with Crippen LogP contribution in [0.25, 0.3) is 0 Å². The Balaban J connectivity index is 1.96. The highest BCUT2D eigenvalue weighted by Crippen LogP contribution is 2.11. The molecule has 8 amide bonds. The number of carbonyl (C=O) groups excluding carboxylic acids is 8. The molecule has 28 N–H and O–H groups in total. The van der Waals surface area contributed by atoms with Crippen LogP contribution >= 0.6 is 0 Å².